The van der Waals surface area contributed by atoms with Gasteiger partial charge in [0.05, 0.1) is 22.4 Å². The second-order valence-corrected chi connectivity index (χ2v) is 12.5. The van der Waals surface area contributed by atoms with E-state index in [2.05, 4.69) is 20.5 Å². The van der Waals surface area contributed by atoms with E-state index in [4.69, 9.17) is 11.8 Å². The maximum Gasteiger partial charge on any atom is 0.143 e. The zero-order valence-corrected chi connectivity index (χ0v) is 21.5. The summed E-state index contributed by atoms with van der Waals surface area (Å²) in [6, 6.07) is 39.3. The Labute approximate surface area is 220 Å². The van der Waals surface area contributed by atoms with Crippen molar-refractivity contribution in [3.05, 3.63) is 133 Å². The Bertz CT molecular complexity index is 1550. The minimum absolute atomic E-state index is 0.0190. The SMILES string of the molecule is Oc1ccc(N=Nc2ccccc2)c(P(=S)(c2ccccc2)c2ccccc2)c1N=Nc1ccccc1. The number of aromatic hydroxyl groups is 1. The van der Waals surface area contributed by atoms with Gasteiger partial charge in [0.2, 0.25) is 0 Å². The first-order valence-corrected chi connectivity index (χ1v) is 14.5. The zero-order valence-electron chi connectivity index (χ0n) is 19.8. The molecule has 1 N–H and O–H groups in total. The fourth-order valence-electron chi connectivity index (χ4n) is 3.94. The lowest BCUT2D eigenvalue weighted by molar-refractivity contribution is 0.477. The number of benzene rings is 5. The molecule has 5 aromatic rings. The maximum absolute atomic E-state index is 11.1. The Morgan fingerprint density at radius 1 is 0.486 bits per heavy atom. The Morgan fingerprint density at radius 2 is 0.919 bits per heavy atom. The zero-order chi connectivity index (χ0) is 25.5. The third-order valence-corrected chi connectivity index (χ3v) is 10.6. The number of phenols is 1. The van der Waals surface area contributed by atoms with Crippen LogP contribution in [0.15, 0.2) is 154 Å². The molecule has 0 aromatic heterocycles. The Hall–Kier alpha value is -4.25. The number of rotatable bonds is 7. The summed E-state index contributed by atoms with van der Waals surface area (Å²) in [6.07, 6.45) is 0. The normalized spacial score (nSPS) is 11.8. The van der Waals surface area contributed by atoms with E-state index in [1.54, 1.807) is 12.1 Å². The van der Waals surface area contributed by atoms with Crippen molar-refractivity contribution in [3.8, 4) is 5.75 Å². The maximum atomic E-state index is 11.1. The predicted molar refractivity (Wildman–Crippen MR) is 155 cm³/mol. The van der Waals surface area contributed by atoms with Gasteiger partial charge in [-0.05, 0) is 47.0 Å². The highest BCUT2D eigenvalue weighted by Crippen LogP contribution is 2.51. The molecule has 0 saturated carbocycles. The van der Waals surface area contributed by atoms with Crippen LogP contribution in [0.4, 0.5) is 22.7 Å². The predicted octanol–water partition coefficient (Wildman–Crippen LogP) is 7.98. The lowest BCUT2D eigenvalue weighted by Gasteiger charge is -2.26. The van der Waals surface area contributed by atoms with Crippen LogP contribution < -0.4 is 15.9 Å². The second kappa shape index (κ2) is 11.2. The van der Waals surface area contributed by atoms with Crippen molar-refractivity contribution in [2.75, 3.05) is 0 Å². The summed E-state index contributed by atoms with van der Waals surface area (Å²) in [7, 11) is 0. The summed E-state index contributed by atoms with van der Waals surface area (Å²) >= 11 is 6.59. The van der Waals surface area contributed by atoms with E-state index in [9.17, 15) is 5.11 Å². The minimum atomic E-state index is -2.76. The molecule has 0 bridgehead atoms. The number of nitrogens with zero attached hydrogens (tertiary/aromatic N) is 4. The van der Waals surface area contributed by atoms with Crippen molar-refractivity contribution in [2.24, 2.45) is 20.5 Å². The van der Waals surface area contributed by atoms with Gasteiger partial charge in [0, 0.05) is 6.04 Å². The van der Waals surface area contributed by atoms with Crippen LogP contribution in [0.25, 0.3) is 0 Å². The van der Waals surface area contributed by atoms with Crippen LogP contribution in [0.1, 0.15) is 0 Å². The molecule has 0 radical (unpaired) electrons. The van der Waals surface area contributed by atoms with E-state index >= 15 is 0 Å². The Morgan fingerprint density at radius 3 is 1.41 bits per heavy atom. The number of hydrogen-bond acceptors (Lipinski definition) is 6. The topological polar surface area (TPSA) is 69.7 Å². The molecule has 180 valence electrons. The van der Waals surface area contributed by atoms with E-state index in [1.807, 2.05) is 121 Å². The molecule has 0 aliphatic rings. The van der Waals surface area contributed by atoms with Crippen molar-refractivity contribution < 1.29 is 5.11 Å². The van der Waals surface area contributed by atoms with Crippen LogP contribution in [-0.2, 0) is 11.8 Å². The molecular weight excluding hydrogens is 495 g/mol. The van der Waals surface area contributed by atoms with E-state index in [0.29, 0.717) is 28.1 Å². The number of hydrogen-bond donors (Lipinski definition) is 1. The average molecular weight is 519 g/mol. The van der Waals surface area contributed by atoms with E-state index in [-0.39, 0.29) is 5.75 Å². The highest BCUT2D eigenvalue weighted by atomic mass is 32.4. The van der Waals surface area contributed by atoms with Gasteiger partial charge >= 0.3 is 0 Å². The summed E-state index contributed by atoms with van der Waals surface area (Å²) < 4.78 is 0. The first kappa shape index (κ1) is 24.4. The lowest BCUT2D eigenvalue weighted by atomic mass is 10.2. The van der Waals surface area contributed by atoms with Crippen molar-refractivity contribution >= 4 is 56.5 Å². The van der Waals surface area contributed by atoms with Crippen molar-refractivity contribution in [1.29, 1.82) is 0 Å². The minimum Gasteiger partial charge on any atom is -0.506 e. The molecule has 0 unspecified atom stereocenters. The van der Waals surface area contributed by atoms with Gasteiger partial charge in [-0.3, -0.25) is 0 Å². The number of azo groups is 2. The molecule has 5 aromatic carbocycles. The molecule has 0 saturated heterocycles. The summed E-state index contributed by atoms with van der Waals surface area (Å²) in [4.78, 5) is 0. The Balaban J connectivity index is 1.80. The van der Waals surface area contributed by atoms with Gasteiger partial charge in [-0.2, -0.15) is 10.2 Å². The van der Waals surface area contributed by atoms with Crippen LogP contribution in [0.2, 0.25) is 0 Å². The molecular formula is C30H23N4OPS. The van der Waals surface area contributed by atoms with Crippen LogP contribution in [0.5, 0.6) is 5.75 Å². The molecule has 0 aliphatic heterocycles. The summed E-state index contributed by atoms with van der Waals surface area (Å²) in [5.41, 5.74) is 2.21. The molecule has 5 rings (SSSR count). The molecule has 0 amide bonds. The van der Waals surface area contributed by atoms with Gasteiger partial charge < -0.3 is 5.11 Å². The van der Waals surface area contributed by atoms with Gasteiger partial charge in [-0.1, -0.05) is 109 Å². The average Bonchev–Trinajstić information content (AvgIpc) is 2.97. The van der Waals surface area contributed by atoms with Crippen molar-refractivity contribution in [3.63, 3.8) is 0 Å². The van der Waals surface area contributed by atoms with E-state index in [1.165, 1.54) is 0 Å². The van der Waals surface area contributed by atoms with Crippen LogP contribution in [0.3, 0.4) is 0 Å². The summed E-state index contributed by atoms with van der Waals surface area (Å²) in [5.74, 6) is -0.0190. The summed E-state index contributed by atoms with van der Waals surface area (Å²) in [6.45, 7) is 0. The number of phenolic OH excluding ortho intramolecular Hbond substituents is 1. The smallest absolute Gasteiger partial charge is 0.143 e. The molecule has 0 spiro atoms. The fraction of sp³-hybridized carbons (Fsp3) is 0. The monoisotopic (exact) mass is 518 g/mol. The third-order valence-electron chi connectivity index (χ3n) is 5.71. The highest BCUT2D eigenvalue weighted by molar-refractivity contribution is 8.25. The van der Waals surface area contributed by atoms with Crippen LogP contribution >= 0.6 is 6.04 Å². The van der Waals surface area contributed by atoms with Crippen molar-refractivity contribution in [1.82, 2.24) is 0 Å². The van der Waals surface area contributed by atoms with Gasteiger partial charge in [0.15, 0.2) is 0 Å². The van der Waals surface area contributed by atoms with Crippen molar-refractivity contribution in [2.45, 2.75) is 0 Å². The molecule has 0 aliphatic carbocycles. The largest absolute Gasteiger partial charge is 0.506 e. The van der Waals surface area contributed by atoms with Gasteiger partial charge in [0.1, 0.15) is 11.4 Å². The lowest BCUT2D eigenvalue weighted by Crippen LogP contribution is -2.25. The van der Waals surface area contributed by atoms with E-state index < -0.39 is 6.04 Å². The molecule has 0 atom stereocenters. The quantitative estimate of drug-likeness (QED) is 0.175. The summed E-state index contributed by atoms with van der Waals surface area (Å²) in [5, 5.41) is 31.7. The molecule has 7 heteroatoms. The van der Waals surface area contributed by atoms with Gasteiger partial charge in [-0.25, -0.2) is 0 Å². The molecule has 5 nitrogen and oxygen atoms in total. The molecule has 0 fully saturated rings. The van der Waals surface area contributed by atoms with Crippen LogP contribution in [-0.4, -0.2) is 5.11 Å². The van der Waals surface area contributed by atoms with Gasteiger partial charge in [-0.15, -0.1) is 10.2 Å². The third kappa shape index (κ3) is 5.31. The van der Waals surface area contributed by atoms with E-state index in [0.717, 1.165) is 10.6 Å². The first-order chi connectivity index (χ1) is 18.2. The fourth-order valence-corrected chi connectivity index (χ4v) is 8.11. The standard InChI is InChI=1S/C30H23N4OPS/c35-28-22-21-27(33-31-23-13-5-1-6-14-23)30(29(28)34-32-24-15-7-2-8-16-24)36(37,25-17-9-3-10-18-25)26-19-11-4-12-20-26/h1-22,35H. The van der Waals surface area contributed by atoms with Gasteiger partial charge in [0.25, 0.3) is 0 Å². The first-order valence-electron chi connectivity index (χ1n) is 11.7. The Kier molecular flexibility index (Phi) is 7.41. The molecule has 37 heavy (non-hydrogen) atoms. The highest BCUT2D eigenvalue weighted by Gasteiger charge is 2.32. The molecule has 0 heterocycles. The second-order valence-electron chi connectivity index (χ2n) is 8.15. The van der Waals surface area contributed by atoms with Crippen LogP contribution in [0, 0.1) is 0 Å².